The van der Waals surface area contributed by atoms with E-state index in [1.807, 2.05) is 0 Å². The number of H-pyrrole nitrogens is 1. The summed E-state index contributed by atoms with van der Waals surface area (Å²) in [7, 11) is 3.29. The van der Waals surface area contributed by atoms with Crippen LogP contribution in [0.5, 0.6) is 0 Å². The summed E-state index contributed by atoms with van der Waals surface area (Å²) in [5.41, 5.74) is 3.41. The van der Waals surface area contributed by atoms with Crippen LogP contribution in [0.4, 0.5) is 4.39 Å². The van der Waals surface area contributed by atoms with Gasteiger partial charge in [0, 0.05) is 43.0 Å². The summed E-state index contributed by atoms with van der Waals surface area (Å²) >= 11 is 6.70. The summed E-state index contributed by atoms with van der Waals surface area (Å²) in [6.07, 6.45) is 6.30. The van der Waals surface area contributed by atoms with Crippen LogP contribution in [0, 0.1) is 5.82 Å². The summed E-state index contributed by atoms with van der Waals surface area (Å²) < 4.78 is 13.3. The molecule has 0 radical (unpaired) electrons. The Bertz CT molecular complexity index is 1190. The van der Waals surface area contributed by atoms with Gasteiger partial charge in [0.25, 0.3) is 5.91 Å². The smallest absolute Gasteiger partial charge is 0.273 e. The van der Waals surface area contributed by atoms with E-state index in [2.05, 4.69) is 19.9 Å². The minimum atomic E-state index is -0.314. The molecule has 8 heteroatoms. The Morgan fingerprint density at radius 2 is 1.86 bits per heavy atom. The lowest BCUT2D eigenvalue weighted by molar-refractivity contribution is 0.0821. The third-order valence-electron chi connectivity index (χ3n) is 4.33. The molecule has 28 heavy (non-hydrogen) atoms. The Morgan fingerprint density at radius 3 is 2.57 bits per heavy atom. The van der Waals surface area contributed by atoms with Gasteiger partial charge in [-0.3, -0.25) is 9.78 Å². The van der Waals surface area contributed by atoms with Crippen LogP contribution in [0.2, 0.25) is 5.02 Å². The van der Waals surface area contributed by atoms with Crippen LogP contribution in [-0.2, 0) is 0 Å². The van der Waals surface area contributed by atoms with Crippen molar-refractivity contribution in [1.29, 1.82) is 0 Å². The zero-order chi connectivity index (χ0) is 19.8. The van der Waals surface area contributed by atoms with Gasteiger partial charge in [0.15, 0.2) is 0 Å². The lowest BCUT2D eigenvalue weighted by Crippen LogP contribution is -2.23. The van der Waals surface area contributed by atoms with Crippen molar-refractivity contribution in [2.45, 2.75) is 0 Å². The molecule has 0 atom stereocenters. The van der Waals surface area contributed by atoms with Gasteiger partial charge in [-0.1, -0.05) is 23.7 Å². The zero-order valence-corrected chi connectivity index (χ0v) is 15.8. The molecule has 0 saturated carbocycles. The predicted molar refractivity (Wildman–Crippen MR) is 106 cm³/mol. The number of nitrogens with zero attached hydrogens (tertiary/aromatic N) is 4. The van der Waals surface area contributed by atoms with Crippen LogP contribution in [0.1, 0.15) is 10.5 Å². The Kier molecular flexibility index (Phi) is 4.52. The number of hydrogen-bond acceptors (Lipinski definition) is 4. The number of hydrogen-bond donors (Lipinski definition) is 1. The highest BCUT2D eigenvalue weighted by molar-refractivity contribution is 6.39. The average Bonchev–Trinajstić information content (AvgIpc) is 3.13. The van der Waals surface area contributed by atoms with Gasteiger partial charge in [0.2, 0.25) is 0 Å². The van der Waals surface area contributed by atoms with E-state index in [0.29, 0.717) is 27.3 Å². The molecular weight excluding hydrogens is 381 g/mol. The highest BCUT2D eigenvalue weighted by Gasteiger charge is 2.18. The first-order chi connectivity index (χ1) is 13.5. The summed E-state index contributed by atoms with van der Waals surface area (Å²) in [6, 6.07) is 6.14. The van der Waals surface area contributed by atoms with Gasteiger partial charge >= 0.3 is 0 Å². The maximum atomic E-state index is 13.3. The molecule has 0 saturated heterocycles. The van der Waals surface area contributed by atoms with Gasteiger partial charge < -0.3 is 9.88 Å². The highest BCUT2D eigenvalue weighted by Crippen LogP contribution is 2.38. The normalized spacial score (nSPS) is 11.0. The molecular formula is C20H15ClFN5O. The second kappa shape index (κ2) is 7.01. The van der Waals surface area contributed by atoms with E-state index < -0.39 is 0 Å². The molecule has 3 aromatic heterocycles. The Morgan fingerprint density at radius 1 is 1.11 bits per heavy atom. The van der Waals surface area contributed by atoms with Crippen LogP contribution >= 0.6 is 11.6 Å². The van der Waals surface area contributed by atoms with Gasteiger partial charge in [-0.15, -0.1) is 0 Å². The van der Waals surface area contributed by atoms with Crippen molar-refractivity contribution >= 4 is 28.5 Å². The number of carbonyl (C=O) groups excluding carboxylic acids is 1. The molecule has 0 bridgehead atoms. The summed E-state index contributed by atoms with van der Waals surface area (Å²) in [5, 5.41) is 1.12. The third-order valence-corrected chi connectivity index (χ3v) is 4.72. The predicted octanol–water partition coefficient (Wildman–Crippen LogP) is 4.18. The van der Waals surface area contributed by atoms with E-state index in [0.717, 1.165) is 11.1 Å². The standard InChI is InChI=1S/C20H15ClFN5O/c1-27(2)20(28)16-10-23-9-15(26-16)14-8-25-19-17(18(14)21)13(7-24-19)11-3-5-12(22)6-4-11/h3-10H,1-2H3,(H,24,25). The first-order valence-corrected chi connectivity index (χ1v) is 8.79. The lowest BCUT2D eigenvalue weighted by Gasteiger charge is -2.11. The zero-order valence-electron chi connectivity index (χ0n) is 15.1. The maximum absolute atomic E-state index is 13.3. The molecule has 4 rings (SSSR count). The van der Waals surface area contributed by atoms with Gasteiger partial charge in [0.1, 0.15) is 17.2 Å². The molecule has 140 valence electrons. The van der Waals surface area contributed by atoms with Gasteiger partial charge in [-0.2, -0.15) is 0 Å². The number of aromatic nitrogens is 4. The number of amides is 1. The van der Waals surface area contributed by atoms with Crippen LogP contribution in [-0.4, -0.2) is 44.8 Å². The van der Waals surface area contributed by atoms with Crippen molar-refractivity contribution in [2.24, 2.45) is 0 Å². The highest BCUT2D eigenvalue weighted by atomic mass is 35.5. The monoisotopic (exact) mass is 395 g/mol. The maximum Gasteiger partial charge on any atom is 0.273 e. The van der Waals surface area contributed by atoms with E-state index in [4.69, 9.17) is 11.6 Å². The topological polar surface area (TPSA) is 74.8 Å². The summed E-state index contributed by atoms with van der Waals surface area (Å²) in [4.78, 5) is 29.6. The largest absolute Gasteiger partial charge is 0.345 e. The third kappa shape index (κ3) is 3.10. The van der Waals surface area contributed by atoms with E-state index in [-0.39, 0.29) is 17.4 Å². The second-order valence-corrected chi connectivity index (χ2v) is 6.79. The number of halogens is 2. The summed E-state index contributed by atoms with van der Waals surface area (Å²) in [6.45, 7) is 0. The molecule has 0 fully saturated rings. The van der Waals surface area contributed by atoms with Crippen LogP contribution < -0.4 is 0 Å². The fraction of sp³-hybridized carbons (Fsp3) is 0.100. The molecule has 3 heterocycles. The minimum absolute atomic E-state index is 0.214. The molecule has 6 nitrogen and oxygen atoms in total. The molecule has 1 amide bonds. The number of rotatable bonds is 3. The lowest BCUT2D eigenvalue weighted by atomic mass is 10.0. The van der Waals surface area contributed by atoms with Crippen molar-refractivity contribution in [1.82, 2.24) is 24.8 Å². The van der Waals surface area contributed by atoms with E-state index in [9.17, 15) is 9.18 Å². The fourth-order valence-corrected chi connectivity index (χ4v) is 3.26. The summed E-state index contributed by atoms with van der Waals surface area (Å²) in [5.74, 6) is -0.570. The number of pyridine rings is 1. The van der Waals surface area contributed by atoms with Crippen LogP contribution in [0.25, 0.3) is 33.4 Å². The molecule has 0 unspecified atom stereocenters. The second-order valence-electron chi connectivity index (χ2n) is 6.41. The van der Waals surface area contributed by atoms with Crippen molar-refractivity contribution in [3.05, 3.63) is 65.6 Å². The van der Waals surface area contributed by atoms with E-state index in [1.165, 1.54) is 29.4 Å². The number of nitrogens with one attached hydrogen (secondary N) is 1. The fourth-order valence-electron chi connectivity index (χ4n) is 2.92. The average molecular weight is 396 g/mol. The van der Waals surface area contributed by atoms with Crippen molar-refractivity contribution in [2.75, 3.05) is 14.1 Å². The van der Waals surface area contributed by atoms with E-state index >= 15 is 0 Å². The van der Waals surface area contributed by atoms with Crippen molar-refractivity contribution in [3.8, 4) is 22.4 Å². The molecule has 0 aliphatic heterocycles. The van der Waals surface area contributed by atoms with Crippen LogP contribution in [0.15, 0.2) is 49.1 Å². The Labute approximate surface area is 165 Å². The number of carbonyl (C=O) groups is 1. The number of aromatic amines is 1. The first-order valence-electron chi connectivity index (χ1n) is 8.41. The number of fused-ring (bicyclic) bond motifs is 1. The van der Waals surface area contributed by atoms with Gasteiger partial charge in [0.05, 0.1) is 23.1 Å². The van der Waals surface area contributed by atoms with Gasteiger partial charge in [-0.25, -0.2) is 14.4 Å². The Hall–Kier alpha value is -3.32. The van der Waals surface area contributed by atoms with Gasteiger partial charge in [-0.05, 0) is 17.7 Å². The molecule has 1 aromatic carbocycles. The SMILES string of the molecule is CN(C)C(=O)c1cncc(-c2cnc3[nH]cc(-c4ccc(F)cc4)c3c2Cl)n1. The molecule has 1 N–H and O–H groups in total. The first kappa shape index (κ1) is 18.1. The molecule has 0 aliphatic rings. The van der Waals surface area contributed by atoms with Crippen molar-refractivity contribution < 1.29 is 9.18 Å². The molecule has 0 spiro atoms. The van der Waals surface area contributed by atoms with Crippen LogP contribution in [0.3, 0.4) is 0 Å². The minimum Gasteiger partial charge on any atom is -0.345 e. The Balaban J connectivity index is 1.87. The molecule has 4 aromatic rings. The van der Waals surface area contributed by atoms with Crippen molar-refractivity contribution in [3.63, 3.8) is 0 Å². The molecule has 0 aliphatic carbocycles. The quantitative estimate of drug-likeness (QED) is 0.564. The number of benzene rings is 1. The van der Waals surface area contributed by atoms with E-state index in [1.54, 1.807) is 38.6 Å².